The number of halogens is 2. The molecule has 1 saturated heterocycles. The first kappa shape index (κ1) is 15.5. The van der Waals surface area contributed by atoms with E-state index < -0.39 is 0 Å². The minimum absolute atomic E-state index is 0.345. The number of nitriles is 1. The molecule has 2 aliphatic rings. The normalized spacial score (nSPS) is 21.1. The summed E-state index contributed by atoms with van der Waals surface area (Å²) in [5.74, 6) is -0.345. The zero-order chi connectivity index (χ0) is 16.0. The summed E-state index contributed by atoms with van der Waals surface area (Å²) >= 11 is 9.84. The summed E-state index contributed by atoms with van der Waals surface area (Å²) < 4.78 is 14.9. The van der Waals surface area contributed by atoms with Gasteiger partial charge in [-0.25, -0.2) is 0 Å². The van der Waals surface area contributed by atoms with Crippen LogP contribution in [-0.4, -0.2) is 23.6 Å². The van der Waals surface area contributed by atoms with Crippen molar-refractivity contribution in [2.75, 3.05) is 13.2 Å². The minimum Gasteiger partial charge on any atom is -0.348 e. The van der Waals surface area contributed by atoms with Gasteiger partial charge in [-0.3, -0.25) is 0 Å². The van der Waals surface area contributed by atoms with Crippen molar-refractivity contribution in [1.29, 1.82) is 5.26 Å². The molecule has 0 unspecified atom stereocenters. The molecule has 2 heterocycles. The summed E-state index contributed by atoms with van der Waals surface area (Å²) in [4.78, 5) is 0. The van der Waals surface area contributed by atoms with Gasteiger partial charge in [0.1, 0.15) is 6.07 Å². The molecule has 2 aromatic rings. The van der Waals surface area contributed by atoms with Gasteiger partial charge in [0.2, 0.25) is 0 Å². The Morgan fingerprint density at radius 1 is 1.26 bits per heavy atom. The van der Waals surface area contributed by atoms with E-state index in [2.05, 4.69) is 32.8 Å². The number of benzene rings is 1. The smallest absolute Gasteiger partial charge is 0.168 e. The average Bonchev–Trinajstić information content (AvgIpc) is 3.13. The molecular weight excluding hydrogens is 380 g/mol. The largest absolute Gasteiger partial charge is 0.348 e. The molecule has 0 radical (unpaired) electrons. The molecule has 4 nitrogen and oxygen atoms in total. The van der Waals surface area contributed by atoms with Gasteiger partial charge in [0.15, 0.2) is 5.79 Å². The third kappa shape index (κ3) is 2.58. The van der Waals surface area contributed by atoms with Crippen LogP contribution in [0.15, 0.2) is 22.8 Å². The van der Waals surface area contributed by atoms with E-state index >= 15 is 0 Å². The SMILES string of the molecule is N#Cc1cc2c(Br)cn(C3CCC4(CC3)OCCO4)c2cc1Cl. The number of ether oxygens (including phenoxy) is 2. The molecule has 0 N–H and O–H groups in total. The van der Waals surface area contributed by atoms with Gasteiger partial charge >= 0.3 is 0 Å². The highest BCUT2D eigenvalue weighted by Gasteiger charge is 2.40. The fraction of sp³-hybridized carbons (Fsp3) is 0.471. The van der Waals surface area contributed by atoms with Gasteiger partial charge in [0, 0.05) is 34.9 Å². The van der Waals surface area contributed by atoms with E-state index in [-0.39, 0.29) is 5.79 Å². The van der Waals surface area contributed by atoms with Crippen molar-refractivity contribution < 1.29 is 9.47 Å². The number of hydrogen-bond acceptors (Lipinski definition) is 3. The second-order valence-electron chi connectivity index (χ2n) is 6.18. The van der Waals surface area contributed by atoms with Crippen LogP contribution in [0.4, 0.5) is 0 Å². The van der Waals surface area contributed by atoms with Crippen LogP contribution in [0.2, 0.25) is 5.02 Å². The maximum absolute atomic E-state index is 9.16. The number of hydrogen-bond donors (Lipinski definition) is 0. The lowest BCUT2D eigenvalue weighted by molar-refractivity contribution is -0.181. The summed E-state index contributed by atoms with van der Waals surface area (Å²) in [6.07, 6.45) is 5.95. The maximum atomic E-state index is 9.16. The zero-order valence-corrected chi connectivity index (χ0v) is 14.9. The molecule has 23 heavy (non-hydrogen) atoms. The molecule has 1 saturated carbocycles. The first-order valence-corrected chi connectivity index (χ1v) is 8.97. The van der Waals surface area contributed by atoms with Crippen molar-refractivity contribution >= 4 is 38.4 Å². The molecule has 1 aromatic heterocycles. The summed E-state index contributed by atoms with van der Waals surface area (Å²) in [6, 6.07) is 6.28. The average molecular weight is 396 g/mol. The van der Waals surface area contributed by atoms with Crippen molar-refractivity contribution in [1.82, 2.24) is 4.57 Å². The van der Waals surface area contributed by atoms with E-state index in [0.717, 1.165) is 41.1 Å². The van der Waals surface area contributed by atoms with Crippen molar-refractivity contribution in [3.8, 4) is 6.07 Å². The molecule has 1 aliphatic heterocycles. The van der Waals surface area contributed by atoms with Gasteiger partial charge in [-0.05, 0) is 40.9 Å². The molecular formula is C17H16BrClN2O2. The van der Waals surface area contributed by atoms with Crippen LogP contribution in [0, 0.1) is 11.3 Å². The fourth-order valence-corrected chi connectivity index (χ4v) is 4.46. The number of fused-ring (bicyclic) bond motifs is 1. The topological polar surface area (TPSA) is 47.2 Å². The standard InChI is InChI=1S/C17H16BrClN2O2/c18-14-10-21(16-8-15(19)11(9-20)7-13(14)16)12-1-3-17(4-2-12)22-5-6-23-17/h7-8,10,12H,1-6H2. The van der Waals surface area contributed by atoms with Crippen LogP contribution >= 0.6 is 27.5 Å². The Morgan fingerprint density at radius 2 is 1.96 bits per heavy atom. The van der Waals surface area contributed by atoms with Crippen LogP contribution < -0.4 is 0 Å². The fourth-order valence-electron chi connectivity index (χ4n) is 3.72. The Kier molecular flexibility index (Phi) is 3.89. The number of nitrogens with zero attached hydrogens (tertiary/aromatic N) is 2. The number of rotatable bonds is 1. The molecule has 1 aromatic carbocycles. The molecule has 6 heteroatoms. The molecule has 1 aliphatic carbocycles. The van der Waals surface area contributed by atoms with Gasteiger partial charge in [-0.15, -0.1) is 0 Å². The molecule has 0 atom stereocenters. The Bertz CT molecular complexity index is 795. The molecule has 0 bridgehead atoms. The van der Waals surface area contributed by atoms with Crippen LogP contribution in [-0.2, 0) is 9.47 Å². The van der Waals surface area contributed by atoms with Crippen LogP contribution in [0.25, 0.3) is 10.9 Å². The van der Waals surface area contributed by atoms with Gasteiger partial charge in [-0.1, -0.05) is 11.6 Å². The maximum Gasteiger partial charge on any atom is 0.168 e. The third-order valence-electron chi connectivity index (χ3n) is 4.92. The zero-order valence-electron chi connectivity index (χ0n) is 12.5. The second-order valence-corrected chi connectivity index (χ2v) is 7.45. The highest BCUT2D eigenvalue weighted by Crippen LogP contribution is 2.42. The van der Waals surface area contributed by atoms with Crippen molar-refractivity contribution in [2.24, 2.45) is 0 Å². The first-order chi connectivity index (χ1) is 11.1. The van der Waals surface area contributed by atoms with E-state index in [9.17, 15) is 0 Å². The van der Waals surface area contributed by atoms with Crippen LogP contribution in [0.1, 0.15) is 37.3 Å². The lowest BCUT2D eigenvalue weighted by Gasteiger charge is -2.36. The van der Waals surface area contributed by atoms with Crippen molar-refractivity contribution in [2.45, 2.75) is 37.5 Å². The van der Waals surface area contributed by atoms with Gasteiger partial charge < -0.3 is 14.0 Å². The third-order valence-corrected chi connectivity index (χ3v) is 5.86. The molecule has 1 spiro atoms. The summed E-state index contributed by atoms with van der Waals surface area (Å²) in [5.41, 5.74) is 1.57. The molecule has 120 valence electrons. The van der Waals surface area contributed by atoms with Crippen molar-refractivity contribution in [3.05, 3.63) is 33.4 Å². The Hall–Kier alpha value is -1.06. The minimum atomic E-state index is -0.345. The molecule has 0 amide bonds. The van der Waals surface area contributed by atoms with E-state index in [1.807, 2.05) is 12.1 Å². The van der Waals surface area contributed by atoms with Crippen molar-refractivity contribution in [3.63, 3.8) is 0 Å². The van der Waals surface area contributed by atoms with Gasteiger partial charge in [0.25, 0.3) is 0 Å². The van der Waals surface area contributed by atoms with Gasteiger partial charge in [0.05, 0.1) is 29.3 Å². The first-order valence-electron chi connectivity index (χ1n) is 7.79. The van der Waals surface area contributed by atoms with E-state index in [1.54, 1.807) is 0 Å². The summed E-state index contributed by atoms with van der Waals surface area (Å²) in [7, 11) is 0. The highest BCUT2D eigenvalue weighted by atomic mass is 79.9. The van der Waals surface area contributed by atoms with Crippen LogP contribution in [0.5, 0.6) is 0 Å². The van der Waals surface area contributed by atoms with E-state index in [0.29, 0.717) is 29.8 Å². The second kappa shape index (κ2) is 5.78. The summed E-state index contributed by atoms with van der Waals surface area (Å²) in [6.45, 7) is 1.41. The Balaban J connectivity index is 1.67. The predicted molar refractivity (Wildman–Crippen MR) is 91.5 cm³/mol. The summed E-state index contributed by atoms with van der Waals surface area (Å²) in [5, 5.41) is 10.7. The molecule has 2 fully saturated rings. The monoisotopic (exact) mass is 394 g/mol. The lowest BCUT2D eigenvalue weighted by atomic mass is 9.90. The lowest BCUT2D eigenvalue weighted by Crippen LogP contribution is -2.35. The highest BCUT2D eigenvalue weighted by molar-refractivity contribution is 9.10. The molecule has 4 rings (SSSR count). The Labute approximate surface area is 148 Å². The predicted octanol–water partition coefficient (Wildman–Crippen LogP) is 4.79. The van der Waals surface area contributed by atoms with E-state index in [4.69, 9.17) is 26.3 Å². The van der Waals surface area contributed by atoms with E-state index in [1.165, 1.54) is 0 Å². The van der Waals surface area contributed by atoms with Crippen LogP contribution in [0.3, 0.4) is 0 Å². The number of aromatic nitrogens is 1. The quantitative estimate of drug-likeness (QED) is 0.697. The Morgan fingerprint density at radius 3 is 2.61 bits per heavy atom. The van der Waals surface area contributed by atoms with Gasteiger partial charge in [-0.2, -0.15) is 5.26 Å².